The van der Waals surface area contributed by atoms with Crippen LogP contribution in [-0.4, -0.2) is 49.0 Å². The fourth-order valence-electron chi connectivity index (χ4n) is 4.71. The lowest BCUT2D eigenvalue weighted by Crippen LogP contribution is -2.56. The number of rotatable bonds is 7. The molecule has 10 nitrogen and oxygen atoms in total. The lowest BCUT2D eigenvalue weighted by atomic mass is 9.93. The fraction of sp³-hybridized carbons (Fsp3) is 0.156. The Morgan fingerprint density at radius 3 is 1.91 bits per heavy atom. The molecule has 3 aromatic carbocycles. The summed E-state index contributed by atoms with van der Waals surface area (Å²) in [5.74, 6) is -3.73. The Morgan fingerprint density at radius 1 is 0.864 bits per heavy atom. The molecule has 1 saturated heterocycles. The molecule has 44 heavy (non-hydrogen) atoms. The van der Waals surface area contributed by atoms with E-state index in [1.54, 1.807) is 65.1 Å². The Morgan fingerprint density at radius 2 is 1.39 bits per heavy atom. The van der Waals surface area contributed by atoms with E-state index < -0.39 is 57.3 Å². The fourth-order valence-corrected chi connectivity index (χ4v) is 5.29. The highest BCUT2D eigenvalue weighted by atomic mass is 127. The lowest BCUT2D eigenvalue weighted by Gasteiger charge is -2.34. The SMILES string of the molecule is C#C[C@]1(OC(=O)c2ccccc2)[C@H](n2ccc(=O)n(C(=O)c3ccccc3)c2=O)O[C@](F)(CI)[C@H]1OC(=O)c1ccccc1. The van der Waals surface area contributed by atoms with Crippen molar-refractivity contribution in [3.63, 3.8) is 0 Å². The molecule has 4 atom stereocenters. The molecule has 1 aliphatic heterocycles. The van der Waals surface area contributed by atoms with Crippen LogP contribution in [0.4, 0.5) is 4.39 Å². The number of ether oxygens (including phenoxy) is 3. The van der Waals surface area contributed by atoms with Crippen molar-refractivity contribution >= 4 is 40.4 Å². The summed E-state index contributed by atoms with van der Waals surface area (Å²) in [5, 5.41) is 0. The van der Waals surface area contributed by atoms with Crippen LogP contribution < -0.4 is 11.2 Å². The minimum atomic E-state index is -2.91. The molecule has 0 radical (unpaired) electrons. The predicted octanol–water partition coefficient (Wildman–Crippen LogP) is 3.78. The molecular formula is C32H22FIN2O8. The van der Waals surface area contributed by atoms with Crippen LogP contribution in [0.1, 0.15) is 37.3 Å². The van der Waals surface area contributed by atoms with Crippen LogP contribution in [0.2, 0.25) is 0 Å². The highest BCUT2D eigenvalue weighted by Crippen LogP contribution is 2.50. The van der Waals surface area contributed by atoms with Crippen LogP contribution in [0, 0.1) is 12.3 Å². The van der Waals surface area contributed by atoms with Crippen molar-refractivity contribution < 1.29 is 33.0 Å². The second-order valence-corrected chi connectivity index (χ2v) is 10.3. The third-order valence-electron chi connectivity index (χ3n) is 6.86. The van der Waals surface area contributed by atoms with Gasteiger partial charge in [0, 0.05) is 17.8 Å². The zero-order valence-electron chi connectivity index (χ0n) is 22.7. The maximum absolute atomic E-state index is 16.7. The third kappa shape index (κ3) is 5.47. The summed E-state index contributed by atoms with van der Waals surface area (Å²) in [5.41, 5.74) is -4.81. The van der Waals surface area contributed by atoms with Gasteiger partial charge in [0.2, 0.25) is 6.10 Å². The molecule has 1 fully saturated rings. The highest BCUT2D eigenvalue weighted by Gasteiger charge is 2.70. The monoisotopic (exact) mass is 708 g/mol. The second kappa shape index (κ2) is 12.4. The van der Waals surface area contributed by atoms with Gasteiger partial charge >= 0.3 is 17.6 Å². The van der Waals surface area contributed by atoms with Gasteiger partial charge < -0.3 is 14.2 Å². The van der Waals surface area contributed by atoms with E-state index in [2.05, 4.69) is 5.92 Å². The van der Waals surface area contributed by atoms with E-state index in [4.69, 9.17) is 20.6 Å². The first-order valence-corrected chi connectivity index (χ1v) is 14.6. The maximum Gasteiger partial charge on any atom is 0.340 e. The molecule has 12 heteroatoms. The Balaban J connectivity index is 1.69. The van der Waals surface area contributed by atoms with Crippen LogP contribution in [0.5, 0.6) is 0 Å². The lowest BCUT2D eigenvalue weighted by molar-refractivity contribution is -0.170. The van der Waals surface area contributed by atoms with Gasteiger partial charge in [-0.2, -0.15) is 4.57 Å². The summed E-state index contributed by atoms with van der Waals surface area (Å²) < 4.78 is 34.3. The Bertz CT molecular complexity index is 1870. The summed E-state index contributed by atoms with van der Waals surface area (Å²) in [6, 6.07) is 23.6. The number of benzene rings is 3. The predicted molar refractivity (Wildman–Crippen MR) is 163 cm³/mol. The van der Waals surface area contributed by atoms with Crippen LogP contribution in [-0.2, 0) is 14.2 Å². The van der Waals surface area contributed by atoms with Crippen LogP contribution in [0.3, 0.4) is 0 Å². The zero-order chi connectivity index (χ0) is 31.5. The second-order valence-electron chi connectivity index (χ2n) is 9.58. The highest BCUT2D eigenvalue weighted by molar-refractivity contribution is 14.1. The Hall–Kier alpha value is -4.87. The maximum atomic E-state index is 16.7. The summed E-state index contributed by atoms with van der Waals surface area (Å²) in [4.78, 5) is 66.4. The number of carbonyl (C=O) groups is 3. The van der Waals surface area contributed by atoms with Crippen molar-refractivity contribution in [3.8, 4) is 12.3 Å². The third-order valence-corrected chi connectivity index (χ3v) is 7.90. The summed E-state index contributed by atoms with van der Waals surface area (Å²) in [7, 11) is 0. The van der Waals surface area contributed by atoms with Crippen molar-refractivity contribution in [2.75, 3.05) is 4.43 Å². The van der Waals surface area contributed by atoms with Gasteiger partial charge in [0.1, 0.15) is 0 Å². The van der Waals surface area contributed by atoms with Crippen molar-refractivity contribution in [1.82, 2.24) is 9.13 Å². The molecule has 4 aromatic rings. The molecule has 0 spiro atoms. The first-order valence-electron chi connectivity index (χ1n) is 13.0. The van der Waals surface area contributed by atoms with E-state index in [-0.39, 0.29) is 16.7 Å². The van der Waals surface area contributed by atoms with Gasteiger partial charge in [-0.15, -0.1) is 6.42 Å². The van der Waals surface area contributed by atoms with Crippen LogP contribution in [0.15, 0.2) is 113 Å². The minimum absolute atomic E-state index is 0.0106. The van der Waals surface area contributed by atoms with E-state index in [9.17, 15) is 24.0 Å². The molecule has 0 unspecified atom stereocenters. The molecule has 0 N–H and O–H groups in total. The summed E-state index contributed by atoms with van der Waals surface area (Å²) in [6.45, 7) is 0. The van der Waals surface area contributed by atoms with E-state index in [1.165, 1.54) is 48.5 Å². The van der Waals surface area contributed by atoms with Crippen molar-refractivity contribution in [3.05, 3.63) is 141 Å². The Labute approximate surface area is 263 Å². The number of hydrogen-bond donors (Lipinski definition) is 0. The van der Waals surface area contributed by atoms with Gasteiger partial charge in [-0.1, -0.05) is 77.2 Å². The smallest absolute Gasteiger partial charge is 0.340 e. The molecule has 0 amide bonds. The normalized spacial score (nSPS) is 22.5. The quantitative estimate of drug-likeness (QED) is 0.123. The summed E-state index contributed by atoms with van der Waals surface area (Å²) >= 11 is 1.63. The van der Waals surface area contributed by atoms with E-state index in [0.717, 1.165) is 12.3 Å². The van der Waals surface area contributed by atoms with E-state index >= 15 is 4.39 Å². The topological polar surface area (TPSA) is 123 Å². The minimum Gasteiger partial charge on any atom is -0.447 e. The number of terminal acetylenes is 1. The number of halogens is 2. The van der Waals surface area contributed by atoms with Gasteiger partial charge in [-0.25, -0.2) is 18.8 Å². The van der Waals surface area contributed by atoms with Crippen LogP contribution >= 0.6 is 22.6 Å². The standard InChI is InChI=1S/C32H22FIN2O8/c1-2-31(43-27(40)23-16-10-5-11-17-23)28(42-26(39)22-14-8-4-9-15-22)32(33,20-34)44-29(31)35-19-18-24(37)36(30(35)41)25(38)21-12-6-3-7-13-21/h1,3-19,28-29H,20H2/t28-,29+,31+,32+/m0/s1. The van der Waals surface area contributed by atoms with Crippen LogP contribution in [0.25, 0.3) is 0 Å². The van der Waals surface area contributed by atoms with Gasteiger partial charge in [-0.3, -0.25) is 14.2 Å². The average molecular weight is 708 g/mol. The van der Waals surface area contributed by atoms with Gasteiger partial charge in [0.05, 0.1) is 15.6 Å². The number of nitrogens with zero attached hydrogens (tertiary/aromatic N) is 2. The Kier molecular flexibility index (Phi) is 8.61. The van der Waals surface area contributed by atoms with Gasteiger partial charge in [-0.05, 0) is 42.3 Å². The largest absolute Gasteiger partial charge is 0.447 e. The molecule has 5 rings (SSSR count). The number of carbonyl (C=O) groups excluding carboxylic acids is 3. The van der Waals surface area contributed by atoms with Gasteiger partial charge in [0.15, 0.2) is 6.23 Å². The molecule has 0 saturated carbocycles. The van der Waals surface area contributed by atoms with Crippen molar-refractivity contribution in [1.29, 1.82) is 0 Å². The molecular weight excluding hydrogens is 686 g/mol. The number of alkyl halides is 2. The molecule has 2 heterocycles. The summed E-state index contributed by atoms with van der Waals surface area (Å²) in [6.07, 6.45) is 2.77. The molecule has 222 valence electrons. The molecule has 0 bridgehead atoms. The zero-order valence-corrected chi connectivity index (χ0v) is 24.8. The molecule has 1 aliphatic rings. The van der Waals surface area contributed by atoms with Crippen molar-refractivity contribution in [2.45, 2.75) is 23.8 Å². The van der Waals surface area contributed by atoms with E-state index in [0.29, 0.717) is 9.13 Å². The van der Waals surface area contributed by atoms with Crippen molar-refractivity contribution in [2.24, 2.45) is 0 Å². The number of hydrogen-bond acceptors (Lipinski definition) is 8. The van der Waals surface area contributed by atoms with Gasteiger partial charge in [0.25, 0.3) is 22.9 Å². The van der Waals surface area contributed by atoms with E-state index in [1.807, 2.05) is 0 Å². The number of esters is 2. The average Bonchev–Trinajstić information content (AvgIpc) is 3.29. The molecule has 0 aliphatic carbocycles. The number of aromatic nitrogens is 2. The molecule has 1 aromatic heterocycles. The first kappa shape index (κ1) is 30.6. The first-order chi connectivity index (χ1) is 21.1.